The van der Waals surface area contributed by atoms with Crippen LogP contribution in [0.4, 0.5) is 0 Å². The Kier molecular flexibility index (Phi) is 9.38. The van der Waals surface area contributed by atoms with Crippen molar-refractivity contribution in [2.45, 2.75) is 12.6 Å². The third-order valence-corrected chi connectivity index (χ3v) is 4.00. The fourth-order valence-electron chi connectivity index (χ4n) is 2.74. The summed E-state index contributed by atoms with van der Waals surface area (Å²) >= 11 is 0. The van der Waals surface area contributed by atoms with Crippen LogP contribution in [0.2, 0.25) is 0 Å². The van der Waals surface area contributed by atoms with Crippen molar-refractivity contribution in [1.82, 2.24) is 15.1 Å². The van der Waals surface area contributed by atoms with E-state index in [4.69, 9.17) is 9.47 Å². The number of para-hydroxylation sites is 1. The van der Waals surface area contributed by atoms with Crippen molar-refractivity contribution in [3.63, 3.8) is 0 Å². The van der Waals surface area contributed by atoms with E-state index in [0.717, 1.165) is 50.1 Å². The predicted molar refractivity (Wildman–Crippen MR) is 108 cm³/mol. The molecular weight excluding hydrogens is 419 g/mol. The summed E-state index contributed by atoms with van der Waals surface area (Å²) in [6.07, 6.45) is 0.199. The van der Waals surface area contributed by atoms with Crippen LogP contribution in [0, 0.1) is 0 Å². The molecule has 1 aromatic carbocycles. The molecule has 0 radical (unpaired) electrons. The van der Waals surface area contributed by atoms with E-state index in [1.807, 2.05) is 25.2 Å². The molecule has 1 fully saturated rings. The number of nitrogens with zero attached hydrogens (tertiary/aromatic N) is 3. The van der Waals surface area contributed by atoms with Gasteiger partial charge in [-0.3, -0.25) is 4.99 Å². The van der Waals surface area contributed by atoms with Gasteiger partial charge < -0.3 is 24.6 Å². The summed E-state index contributed by atoms with van der Waals surface area (Å²) in [4.78, 5) is 8.74. The normalized spacial score (nSPS) is 18.7. The van der Waals surface area contributed by atoms with Gasteiger partial charge >= 0.3 is 0 Å². The molecule has 1 unspecified atom stereocenters. The summed E-state index contributed by atoms with van der Waals surface area (Å²) in [7, 11) is 7.64. The number of hydrogen-bond acceptors (Lipinski definition) is 4. The molecule has 1 aliphatic heterocycles. The van der Waals surface area contributed by atoms with Crippen LogP contribution in [0.5, 0.6) is 5.75 Å². The first kappa shape index (κ1) is 21.0. The number of halogens is 1. The fourth-order valence-corrected chi connectivity index (χ4v) is 2.74. The summed E-state index contributed by atoms with van der Waals surface area (Å²) in [6, 6.07) is 8.05. The third-order valence-electron chi connectivity index (χ3n) is 4.00. The molecule has 1 aromatic rings. The smallest absolute Gasteiger partial charge is 0.193 e. The molecule has 136 valence electrons. The van der Waals surface area contributed by atoms with E-state index in [1.54, 1.807) is 14.2 Å². The molecule has 0 spiro atoms. The number of nitrogens with one attached hydrogen (secondary N) is 1. The zero-order valence-electron chi connectivity index (χ0n) is 15.0. The molecule has 1 heterocycles. The number of methoxy groups -OCH3 is 1. The van der Waals surface area contributed by atoms with E-state index in [9.17, 15) is 0 Å². The second-order valence-corrected chi connectivity index (χ2v) is 5.85. The average molecular weight is 448 g/mol. The van der Waals surface area contributed by atoms with E-state index in [-0.39, 0.29) is 30.1 Å². The van der Waals surface area contributed by atoms with Gasteiger partial charge in [0.25, 0.3) is 0 Å². The first-order valence-corrected chi connectivity index (χ1v) is 7.98. The van der Waals surface area contributed by atoms with Crippen molar-refractivity contribution < 1.29 is 9.47 Å². The Morgan fingerprint density at radius 1 is 1.46 bits per heavy atom. The third kappa shape index (κ3) is 6.10. The quantitative estimate of drug-likeness (QED) is 0.422. The van der Waals surface area contributed by atoms with Gasteiger partial charge in [0.15, 0.2) is 5.96 Å². The summed E-state index contributed by atoms with van der Waals surface area (Å²) < 4.78 is 11.2. The summed E-state index contributed by atoms with van der Waals surface area (Å²) in [5.41, 5.74) is 1.13. The van der Waals surface area contributed by atoms with Crippen molar-refractivity contribution in [2.24, 2.45) is 4.99 Å². The second kappa shape index (κ2) is 10.7. The molecular formula is C17H29IN4O2. The number of benzene rings is 1. The first-order valence-electron chi connectivity index (χ1n) is 7.98. The van der Waals surface area contributed by atoms with Crippen LogP contribution >= 0.6 is 24.0 Å². The van der Waals surface area contributed by atoms with Crippen LogP contribution in [0.25, 0.3) is 0 Å². The number of aliphatic imine (C=N–C) groups is 1. The lowest BCUT2D eigenvalue weighted by Crippen LogP contribution is -2.48. The molecule has 0 saturated carbocycles. The van der Waals surface area contributed by atoms with Crippen LogP contribution in [0.3, 0.4) is 0 Å². The number of ether oxygens (including phenoxy) is 2. The lowest BCUT2D eigenvalue weighted by atomic mass is 10.2. The Hall–Kier alpha value is -1.06. The van der Waals surface area contributed by atoms with Crippen molar-refractivity contribution in [2.75, 3.05) is 54.5 Å². The van der Waals surface area contributed by atoms with Gasteiger partial charge in [0.2, 0.25) is 0 Å². The number of likely N-dealkylation sites (N-methyl/N-ethyl adjacent to an activating group) is 1. The molecule has 1 saturated heterocycles. The maximum atomic E-state index is 5.78. The minimum absolute atomic E-state index is 0. The molecule has 2 rings (SSSR count). The van der Waals surface area contributed by atoms with Gasteiger partial charge in [-0.1, -0.05) is 18.2 Å². The van der Waals surface area contributed by atoms with Gasteiger partial charge in [-0.05, 0) is 13.1 Å². The Balaban J connectivity index is 0.00000288. The lowest BCUT2D eigenvalue weighted by molar-refractivity contribution is -0.0163. The highest BCUT2D eigenvalue weighted by molar-refractivity contribution is 14.0. The number of rotatable bonds is 5. The molecule has 1 aliphatic rings. The molecule has 0 aliphatic carbocycles. The second-order valence-electron chi connectivity index (χ2n) is 5.85. The number of hydrogen-bond donors (Lipinski definition) is 1. The van der Waals surface area contributed by atoms with Gasteiger partial charge in [-0.15, -0.1) is 24.0 Å². The van der Waals surface area contributed by atoms with E-state index < -0.39 is 0 Å². The highest BCUT2D eigenvalue weighted by Crippen LogP contribution is 2.18. The van der Waals surface area contributed by atoms with E-state index in [0.29, 0.717) is 0 Å². The van der Waals surface area contributed by atoms with Gasteiger partial charge in [0.1, 0.15) is 5.75 Å². The zero-order valence-corrected chi connectivity index (χ0v) is 17.3. The van der Waals surface area contributed by atoms with Crippen molar-refractivity contribution in [3.8, 4) is 5.75 Å². The Labute approximate surface area is 162 Å². The largest absolute Gasteiger partial charge is 0.496 e. The molecule has 1 atom stereocenters. The van der Waals surface area contributed by atoms with Gasteiger partial charge in [-0.2, -0.15) is 0 Å². The summed E-state index contributed by atoms with van der Waals surface area (Å²) in [5.74, 6) is 1.75. The van der Waals surface area contributed by atoms with E-state index in [1.165, 1.54) is 0 Å². The van der Waals surface area contributed by atoms with E-state index in [2.05, 4.69) is 33.2 Å². The average Bonchev–Trinajstić information content (AvgIpc) is 2.56. The summed E-state index contributed by atoms with van der Waals surface area (Å²) in [5, 5.41) is 3.40. The minimum Gasteiger partial charge on any atom is -0.496 e. The predicted octanol–water partition coefficient (Wildman–Crippen LogP) is 1.65. The van der Waals surface area contributed by atoms with Crippen LogP contribution in [0.15, 0.2) is 29.3 Å². The Bertz CT molecular complexity index is 527. The molecule has 0 amide bonds. The van der Waals surface area contributed by atoms with Crippen LogP contribution in [0.1, 0.15) is 5.56 Å². The molecule has 7 heteroatoms. The molecule has 24 heavy (non-hydrogen) atoms. The Morgan fingerprint density at radius 2 is 2.21 bits per heavy atom. The molecule has 0 aromatic heterocycles. The van der Waals surface area contributed by atoms with Gasteiger partial charge in [0, 0.05) is 45.8 Å². The number of guanidine groups is 1. The van der Waals surface area contributed by atoms with E-state index >= 15 is 0 Å². The van der Waals surface area contributed by atoms with Crippen LogP contribution in [-0.2, 0) is 11.3 Å². The fraction of sp³-hybridized carbons (Fsp3) is 0.588. The lowest BCUT2D eigenvalue weighted by Gasteiger charge is -2.31. The topological polar surface area (TPSA) is 49.3 Å². The SMILES string of the molecule is CN=C(NCC1CN(C)CCO1)N(C)Cc1ccccc1OC.I. The molecule has 1 N–H and O–H groups in total. The monoisotopic (exact) mass is 448 g/mol. The van der Waals surface area contributed by atoms with Crippen molar-refractivity contribution >= 4 is 29.9 Å². The first-order chi connectivity index (χ1) is 11.1. The van der Waals surface area contributed by atoms with Crippen LogP contribution < -0.4 is 10.1 Å². The Morgan fingerprint density at radius 3 is 2.88 bits per heavy atom. The maximum Gasteiger partial charge on any atom is 0.193 e. The molecule has 0 bridgehead atoms. The van der Waals surface area contributed by atoms with Crippen molar-refractivity contribution in [3.05, 3.63) is 29.8 Å². The van der Waals surface area contributed by atoms with Crippen molar-refractivity contribution in [1.29, 1.82) is 0 Å². The maximum absolute atomic E-state index is 5.78. The molecule has 6 nitrogen and oxygen atoms in total. The van der Waals surface area contributed by atoms with Crippen LogP contribution in [-0.4, -0.2) is 76.4 Å². The zero-order chi connectivity index (χ0) is 16.7. The summed E-state index contributed by atoms with van der Waals surface area (Å²) in [6.45, 7) is 4.22. The highest BCUT2D eigenvalue weighted by atomic mass is 127. The van der Waals surface area contributed by atoms with Gasteiger partial charge in [0.05, 0.1) is 19.8 Å². The minimum atomic E-state index is 0. The standard InChI is InChI=1S/C17H28N4O2.HI/c1-18-17(19-11-15-13-20(2)9-10-23-15)21(3)12-14-7-5-6-8-16(14)22-4;/h5-8,15H,9-13H2,1-4H3,(H,18,19);1H. The highest BCUT2D eigenvalue weighted by Gasteiger charge is 2.18. The number of morpholine rings is 1. The van der Waals surface area contributed by atoms with Gasteiger partial charge in [-0.25, -0.2) is 0 Å².